The number of halogens is 1. The number of nitrogens with zero attached hydrogens (tertiary/aromatic N) is 1. The lowest BCUT2D eigenvalue weighted by Gasteiger charge is -2.27. The van der Waals surface area contributed by atoms with Gasteiger partial charge in [-0.15, -0.1) is 11.3 Å². The van der Waals surface area contributed by atoms with Crippen LogP contribution in [0.5, 0.6) is 0 Å². The summed E-state index contributed by atoms with van der Waals surface area (Å²) < 4.78 is 0.687. The van der Waals surface area contributed by atoms with E-state index in [1.54, 1.807) is 11.0 Å². The van der Waals surface area contributed by atoms with Crippen LogP contribution in [0.25, 0.3) is 0 Å². The van der Waals surface area contributed by atoms with Gasteiger partial charge in [0, 0.05) is 10.9 Å². The van der Waals surface area contributed by atoms with Gasteiger partial charge in [0.15, 0.2) is 0 Å². The van der Waals surface area contributed by atoms with Gasteiger partial charge in [0.25, 0.3) is 0 Å². The van der Waals surface area contributed by atoms with E-state index in [-0.39, 0.29) is 25.0 Å². The largest absolute Gasteiger partial charge is 0.369 e. The molecule has 1 aromatic heterocycles. The molecule has 3 N–H and O–H groups in total. The maximum Gasteiger partial charge on any atom is 0.234 e. The number of nitrogens with one attached hydrogen (secondary N) is 1. The number of hydrogen-bond donors (Lipinski definition) is 2. The Kier molecular flexibility index (Phi) is 6.78. The van der Waals surface area contributed by atoms with Crippen molar-refractivity contribution in [2.75, 3.05) is 13.1 Å². The van der Waals surface area contributed by atoms with Gasteiger partial charge < -0.3 is 11.1 Å². The Morgan fingerprint density at radius 3 is 2.50 bits per heavy atom. The fraction of sp³-hybridized carbons (Fsp3) is 0.294. The molecule has 1 heterocycles. The summed E-state index contributed by atoms with van der Waals surface area (Å²) in [5.74, 6) is -0.626. The third-order valence-electron chi connectivity index (χ3n) is 3.62. The minimum Gasteiger partial charge on any atom is -0.369 e. The SMILES string of the molecule is C[C@H](c1ccccc1)N(CC(N)=O)CC(=O)NCc1ccc(Cl)s1. The zero-order valence-corrected chi connectivity index (χ0v) is 14.9. The molecule has 0 aliphatic carbocycles. The zero-order valence-electron chi connectivity index (χ0n) is 13.4. The standard InChI is InChI=1S/C17H20ClN3O2S/c1-12(13-5-3-2-4-6-13)21(10-16(19)22)11-17(23)20-9-14-7-8-15(18)24-14/h2-8,12H,9-11H2,1H3,(H2,19,22)(H,20,23)/t12-/m1/s1. The second-order valence-corrected chi connectivity index (χ2v) is 7.24. The molecule has 0 fully saturated rings. The Morgan fingerprint density at radius 2 is 1.92 bits per heavy atom. The maximum absolute atomic E-state index is 12.2. The molecule has 0 unspecified atom stereocenters. The summed E-state index contributed by atoms with van der Waals surface area (Å²) in [6, 6.07) is 13.3. The molecule has 7 heteroatoms. The fourth-order valence-electron chi connectivity index (χ4n) is 2.35. The molecule has 0 saturated heterocycles. The van der Waals surface area contributed by atoms with Crippen molar-refractivity contribution in [2.45, 2.75) is 19.5 Å². The number of carbonyl (C=O) groups is 2. The summed E-state index contributed by atoms with van der Waals surface area (Å²) in [5, 5.41) is 2.84. The third-order valence-corrected chi connectivity index (χ3v) is 4.86. The highest BCUT2D eigenvalue weighted by molar-refractivity contribution is 7.16. The van der Waals surface area contributed by atoms with Crippen LogP contribution in [0, 0.1) is 0 Å². The third kappa shape index (κ3) is 5.63. The second kappa shape index (κ2) is 8.82. The van der Waals surface area contributed by atoms with Crippen LogP contribution in [0.3, 0.4) is 0 Å². The van der Waals surface area contributed by atoms with E-state index < -0.39 is 5.91 Å². The van der Waals surface area contributed by atoms with Gasteiger partial charge in [-0.05, 0) is 24.6 Å². The average molecular weight is 366 g/mol. The minimum atomic E-state index is -0.462. The van der Waals surface area contributed by atoms with Crippen molar-refractivity contribution in [3.05, 3.63) is 57.2 Å². The van der Waals surface area contributed by atoms with Crippen molar-refractivity contribution < 1.29 is 9.59 Å². The molecular formula is C17H20ClN3O2S. The predicted molar refractivity (Wildman–Crippen MR) is 96.8 cm³/mol. The van der Waals surface area contributed by atoms with Crippen LogP contribution < -0.4 is 11.1 Å². The van der Waals surface area contributed by atoms with Crippen LogP contribution >= 0.6 is 22.9 Å². The Morgan fingerprint density at radius 1 is 1.21 bits per heavy atom. The normalized spacial score (nSPS) is 12.1. The molecule has 0 aliphatic heterocycles. The van der Waals surface area contributed by atoms with E-state index in [1.165, 1.54) is 11.3 Å². The smallest absolute Gasteiger partial charge is 0.234 e. The quantitative estimate of drug-likeness (QED) is 0.754. The molecule has 24 heavy (non-hydrogen) atoms. The predicted octanol–water partition coefficient (Wildman–Crippen LogP) is 2.57. The van der Waals surface area contributed by atoms with Gasteiger partial charge in [-0.1, -0.05) is 41.9 Å². The number of benzene rings is 1. The maximum atomic E-state index is 12.2. The molecule has 0 aliphatic rings. The number of thiophene rings is 1. The number of amides is 2. The lowest BCUT2D eigenvalue weighted by Crippen LogP contribution is -2.42. The highest BCUT2D eigenvalue weighted by Crippen LogP contribution is 2.21. The van der Waals surface area contributed by atoms with Crippen LogP contribution in [0.15, 0.2) is 42.5 Å². The van der Waals surface area contributed by atoms with Crippen LogP contribution in [0.1, 0.15) is 23.4 Å². The molecule has 5 nitrogen and oxygen atoms in total. The van der Waals surface area contributed by atoms with E-state index >= 15 is 0 Å². The van der Waals surface area contributed by atoms with Crippen molar-refractivity contribution >= 4 is 34.8 Å². The lowest BCUT2D eigenvalue weighted by atomic mass is 10.1. The number of hydrogen-bond acceptors (Lipinski definition) is 4. The first kappa shape index (κ1) is 18.4. The van der Waals surface area contributed by atoms with Crippen molar-refractivity contribution in [1.29, 1.82) is 0 Å². The Bertz CT molecular complexity index is 690. The summed E-state index contributed by atoms with van der Waals surface area (Å²) in [7, 11) is 0. The zero-order chi connectivity index (χ0) is 17.5. The van der Waals surface area contributed by atoms with E-state index in [4.69, 9.17) is 17.3 Å². The van der Waals surface area contributed by atoms with Gasteiger partial charge in [-0.25, -0.2) is 0 Å². The molecule has 1 aromatic carbocycles. The minimum absolute atomic E-state index is 0.0221. The Labute approximate surface area is 150 Å². The molecule has 128 valence electrons. The first-order valence-corrected chi connectivity index (χ1v) is 8.73. The summed E-state index contributed by atoms with van der Waals surface area (Å²) in [4.78, 5) is 26.3. The topological polar surface area (TPSA) is 75.4 Å². The Hall–Kier alpha value is -1.89. The van der Waals surface area contributed by atoms with Crippen LogP contribution in [-0.2, 0) is 16.1 Å². The van der Waals surface area contributed by atoms with Gasteiger partial charge in [0.2, 0.25) is 11.8 Å². The first-order valence-electron chi connectivity index (χ1n) is 7.54. The average Bonchev–Trinajstić information content (AvgIpc) is 2.97. The van der Waals surface area contributed by atoms with E-state index in [1.807, 2.05) is 43.3 Å². The molecule has 2 rings (SSSR count). The van der Waals surface area contributed by atoms with E-state index in [2.05, 4.69) is 5.32 Å². The summed E-state index contributed by atoms with van der Waals surface area (Å²) in [5.41, 5.74) is 6.35. The van der Waals surface area contributed by atoms with Gasteiger partial charge in [0.05, 0.1) is 24.0 Å². The first-order chi connectivity index (χ1) is 11.5. The summed E-state index contributed by atoms with van der Waals surface area (Å²) >= 11 is 7.30. The second-order valence-electron chi connectivity index (χ2n) is 5.44. The molecule has 0 radical (unpaired) electrons. The van der Waals surface area contributed by atoms with E-state index in [9.17, 15) is 9.59 Å². The molecule has 1 atom stereocenters. The number of nitrogens with two attached hydrogens (primary N) is 1. The lowest BCUT2D eigenvalue weighted by molar-refractivity contribution is -0.124. The van der Waals surface area contributed by atoms with Gasteiger partial charge in [0.1, 0.15) is 0 Å². The number of primary amides is 1. The van der Waals surface area contributed by atoms with Crippen molar-refractivity contribution in [3.63, 3.8) is 0 Å². The number of rotatable bonds is 8. The van der Waals surface area contributed by atoms with Gasteiger partial charge in [-0.2, -0.15) is 0 Å². The fourth-order valence-corrected chi connectivity index (χ4v) is 3.37. The van der Waals surface area contributed by atoms with Crippen molar-refractivity contribution in [3.8, 4) is 0 Å². The molecule has 0 bridgehead atoms. The monoisotopic (exact) mass is 365 g/mol. The van der Waals surface area contributed by atoms with E-state index in [0.29, 0.717) is 10.9 Å². The van der Waals surface area contributed by atoms with Crippen LogP contribution in [0.2, 0.25) is 4.34 Å². The van der Waals surface area contributed by atoms with Gasteiger partial charge in [-0.3, -0.25) is 14.5 Å². The molecule has 0 saturated carbocycles. The molecule has 2 amide bonds. The number of carbonyl (C=O) groups excluding carboxylic acids is 2. The Balaban J connectivity index is 1.97. The molecule has 2 aromatic rings. The van der Waals surface area contributed by atoms with Crippen LogP contribution in [0.4, 0.5) is 0 Å². The van der Waals surface area contributed by atoms with E-state index in [0.717, 1.165) is 10.4 Å². The van der Waals surface area contributed by atoms with Crippen molar-refractivity contribution in [2.24, 2.45) is 5.73 Å². The van der Waals surface area contributed by atoms with Crippen LogP contribution in [-0.4, -0.2) is 29.8 Å². The molecule has 0 spiro atoms. The summed E-state index contributed by atoms with van der Waals surface area (Å²) in [6.45, 7) is 2.48. The highest BCUT2D eigenvalue weighted by Gasteiger charge is 2.20. The molecular weight excluding hydrogens is 346 g/mol. The van der Waals surface area contributed by atoms with Gasteiger partial charge >= 0.3 is 0 Å². The van der Waals surface area contributed by atoms with Crippen molar-refractivity contribution in [1.82, 2.24) is 10.2 Å². The highest BCUT2D eigenvalue weighted by atomic mass is 35.5. The summed E-state index contributed by atoms with van der Waals surface area (Å²) in [6.07, 6.45) is 0.